The van der Waals surface area contributed by atoms with Crippen LogP contribution in [0, 0.1) is 5.82 Å². The van der Waals surface area contributed by atoms with Gasteiger partial charge < -0.3 is 36.2 Å². The molecular weight excluding hydrogens is 684 g/mol. The lowest BCUT2D eigenvalue weighted by atomic mass is 9.92. The molecule has 11 nitrogen and oxygen atoms in total. The zero-order chi connectivity index (χ0) is 37.2. The number of nitrogens with two attached hydrogens (primary N) is 2. The number of carboxylic acid groups (broad SMARTS) is 1. The van der Waals surface area contributed by atoms with Crippen molar-refractivity contribution in [2.24, 2.45) is 11.5 Å². The summed E-state index contributed by atoms with van der Waals surface area (Å²) in [6.07, 6.45) is -1.98. The van der Waals surface area contributed by atoms with Gasteiger partial charge in [0.25, 0.3) is 5.91 Å². The highest BCUT2D eigenvalue weighted by molar-refractivity contribution is 6.15. The number of alkyl halides is 3. The van der Waals surface area contributed by atoms with Crippen molar-refractivity contribution in [3.05, 3.63) is 90.2 Å². The second-order valence-corrected chi connectivity index (χ2v) is 12.3. The summed E-state index contributed by atoms with van der Waals surface area (Å²) >= 11 is 0. The molecule has 270 valence electrons. The SMILES string of the molecule is NCCC(=O)OC1CCC(Nc2cc(-n3c4ccccc4c4c(-c5nc6ccc(F)cc6[nH]5)cccc43)ccc2C(N)=O)CC1.O=C(O)C(F)(F)F. The number of primary amides is 1. The molecule has 0 unspecified atom stereocenters. The van der Waals surface area contributed by atoms with Crippen LogP contribution in [-0.2, 0) is 14.3 Å². The van der Waals surface area contributed by atoms with Crippen LogP contribution in [0.25, 0.3) is 49.9 Å². The number of esters is 1. The van der Waals surface area contributed by atoms with E-state index in [2.05, 4.69) is 33.1 Å². The van der Waals surface area contributed by atoms with E-state index >= 15 is 0 Å². The van der Waals surface area contributed by atoms with Gasteiger partial charge in [-0.2, -0.15) is 13.2 Å². The van der Waals surface area contributed by atoms with E-state index in [1.807, 2.05) is 36.4 Å². The average Bonchev–Trinajstić information content (AvgIpc) is 3.68. The van der Waals surface area contributed by atoms with Crippen LogP contribution in [-0.4, -0.2) is 62.4 Å². The molecule has 0 atom stereocenters. The second kappa shape index (κ2) is 14.7. The molecule has 0 bridgehead atoms. The predicted octanol–water partition coefficient (Wildman–Crippen LogP) is 6.81. The van der Waals surface area contributed by atoms with Crippen LogP contribution in [0.5, 0.6) is 0 Å². The first-order chi connectivity index (χ1) is 24.8. The summed E-state index contributed by atoms with van der Waals surface area (Å²) < 4.78 is 53.4. The Balaban J connectivity index is 0.000000604. The van der Waals surface area contributed by atoms with Gasteiger partial charge in [0, 0.05) is 40.3 Å². The number of aliphatic carboxylic acids is 1. The Labute approximate surface area is 293 Å². The van der Waals surface area contributed by atoms with Crippen LogP contribution in [0.3, 0.4) is 0 Å². The van der Waals surface area contributed by atoms with Crippen LogP contribution < -0.4 is 16.8 Å². The van der Waals surface area contributed by atoms with Gasteiger partial charge in [-0.3, -0.25) is 9.59 Å². The predicted molar refractivity (Wildman–Crippen MR) is 187 cm³/mol. The maximum atomic E-state index is 13.9. The summed E-state index contributed by atoms with van der Waals surface area (Å²) in [6.45, 7) is 0.274. The fourth-order valence-electron chi connectivity index (χ4n) is 6.52. The van der Waals surface area contributed by atoms with Gasteiger partial charge in [0.15, 0.2) is 0 Å². The van der Waals surface area contributed by atoms with Crippen molar-refractivity contribution in [3.63, 3.8) is 0 Å². The number of hydrogen-bond acceptors (Lipinski definition) is 7. The Morgan fingerprint density at radius 3 is 2.37 bits per heavy atom. The number of ether oxygens (including phenoxy) is 1. The van der Waals surface area contributed by atoms with Crippen LogP contribution in [0.1, 0.15) is 42.5 Å². The van der Waals surface area contributed by atoms with Gasteiger partial charge in [0.05, 0.1) is 34.1 Å². The number of nitrogens with one attached hydrogen (secondary N) is 2. The van der Waals surface area contributed by atoms with E-state index in [1.54, 1.807) is 12.1 Å². The Kier molecular flexibility index (Phi) is 10.1. The number of H-pyrrole nitrogens is 1. The second-order valence-electron chi connectivity index (χ2n) is 12.3. The minimum Gasteiger partial charge on any atom is -0.475 e. The summed E-state index contributed by atoms with van der Waals surface area (Å²) in [5.74, 6) is -3.21. The number of aromatic nitrogens is 3. The molecule has 0 spiro atoms. The summed E-state index contributed by atoms with van der Waals surface area (Å²) in [4.78, 5) is 41.4. The number of aromatic amines is 1. The van der Waals surface area contributed by atoms with Crippen LogP contribution in [0.15, 0.2) is 78.9 Å². The first kappa shape index (κ1) is 35.9. The number of rotatable bonds is 8. The van der Waals surface area contributed by atoms with Crippen molar-refractivity contribution in [2.45, 2.75) is 50.4 Å². The van der Waals surface area contributed by atoms with E-state index in [4.69, 9.17) is 31.1 Å². The van der Waals surface area contributed by atoms with Crippen molar-refractivity contribution in [3.8, 4) is 17.1 Å². The minimum absolute atomic E-state index is 0.0884. The summed E-state index contributed by atoms with van der Waals surface area (Å²) in [6, 6.07) is 24.5. The summed E-state index contributed by atoms with van der Waals surface area (Å²) in [5.41, 5.74) is 17.4. The lowest BCUT2D eigenvalue weighted by Gasteiger charge is -2.30. The highest BCUT2D eigenvalue weighted by atomic mass is 19.4. The van der Waals surface area contributed by atoms with Gasteiger partial charge in [-0.05, 0) is 74.2 Å². The van der Waals surface area contributed by atoms with Crippen LogP contribution in [0.4, 0.5) is 23.2 Å². The number of hydrogen-bond donors (Lipinski definition) is 5. The normalized spacial score (nSPS) is 16.0. The molecule has 1 aliphatic rings. The zero-order valence-corrected chi connectivity index (χ0v) is 27.5. The quantitative estimate of drug-likeness (QED) is 0.0841. The number of carbonyl (C=O) groups excluding carboxylic acids is 2. The smallest absolute Gasteiger partial charge is 0.475 e. The average molecular weight is 719 g/mol. The summed E-state index contributed by atoms with van der Waals surface area (Å²) in [5, 5.41) is 12.7. The van der Waals surface area contributed by atoms with Crippen molar-refractivity contribution < 1.29 is 41.8 Å². The maximum absolute atomic E-state index is 13.9. The lowest BCUT2D eigenvalue weighted by Crippen LogP contribution is -2.32. The molecule has 7 rings (SSSR count). The highest BCUT2D eigenvalue weighted by Gasteiger charge is 2.38. The molecule has 0 radical (unpaired) electrons. The Morgan fingerprint density at radius 2 is 1.67 bits per heavy atom. The number of imidazole rings is 1. The molecule has 4 aromatic carbocycles. The van der Waals surface area contributed by atoms with Gasteiger partial charge in [0.1, 0.15) is 17.7 Å². The van der Waals surface area contributed by atoms with Gasteiger partial charge in [-0.25, -0.2) is 14.2 Å². The van der Waals surface area contributed by atoms with E-state index in [-0.39, 0.29) is 36.9 Å². The number of nitrogens with zero attached hydrogens (tertiary/aromatic N) is 2. The van der Waals surface area contributed by atoms with E-state index < -0.39 is 18.1 Å². The first-order valence-corrected chi connectivity index (χ1v) is 16.4. The van der Waals surface area contributed by atoms with Gasteiger partial charge in [0.2, 0.25) is 0 Å². The number of carboxylic acids is 1. The molecule has 1 fully saturated rings. The molecule has 0 aliphatic heterocycles. The van der Waals surface area contributed by atoms with E-state index in [1.165, 1.54) is 12.1 Å². The molecule has 1 aliphatic carbocycles. The Bertz CT molecular complexity index is 2290. The fraction of sp³-hybridized carbons (Fsp3) is 0.243. The number of anilines is 1. The van der Waals surface area contributed by atoms with Crippen molar-refractivity contribution in [1.29, 1.82) is 0 Å². The Hall–Kier alpha value is -5.96. The third kappa shape index (κ3) is 7.54. The monoisotopic (exact) mass is 718 g/mol. The van der Waals surface area contributed by atoms with E-state index in [0.29, 0.717) is 28.1 Å². The van der Waals surface area contributed by atoms with Crippen molar-refractivity contribution in [2.75, 3.05) is 11.9 Å². The van der Waals surface area contributed by atoms with Gasteiger partial charge in [-0.15, -0.1) is 0 Å². The fourth-order valence-corrected chi connectivity index (χ4v) is 6.52. The first-order valence-electron chi connectivity index (χ1n) is 16.4. The molecular formula is C37H34F4N6O5. The lowest BCUT2D eigenvalue weighted by molar-refractivity contribution is -0.192. The molecule has 52 heavy (non-hydrogen) atoms. The molecule has 7 N–H and O–H groups in total. The molecule has 1 saturated carbocycles. The van der Waals surface area contributed by atoms with Crippen molar-refractivity contribution in [1.82, 2.24) is 14.5 Å². The van der Waals surface area contributed by atoms with Gasteiger partial charge >= 0.3 is 18.1 Å². The number of benzene rings is 4. The molecule has 2 aromatic heterocycles. The third-order valence-electron chi connectivity index (χ3n) is 8.85. The zero-order valence-electron chi connectivity index (χ0n) is 27.5. The molecule has 1 amide bonds. The maximum Gasteiger partial charge on any atom is 0.490 e. The summed E-state index contributed by atoms with van der Waals surface area (Å²) in [7, 11) is 0. The number of amides is 1. The van der Waals surface area contributed by atoms with E-state index in [0.717, 1.165) is 58.7 Å². The molecule has 6 aromatic rings. The standard InChI is InChI=1S/C35H33FN6O3.C2HF3O2/c36-20-8-15-27-29(18-20)41-35(40-27)26-5-3-7-31-33(26)25-4-1-2-6-30(25)42(31)22-11-14-24(34(38)44)28(19-22)39-21-9-12-23(13-10-21)45-32(43)16-17-37;3-2(4,5)1(6)7/h1-8,11,14-15,18-19,21,23,39H,9-10,12-13,16-17,37H2,(H2,38,44)(H,40,41);(H,6,7). The van der Waals surface area contributed by atoms with E-state index in [9.17, 15) is 27.2 Å². The number of fused-ring (bicyclic) bond motifs is 4. The topological polar surface area (TPSA) is 178 Å². The largest absolute Gasteiger partial charge is 0.490 e. The Morgan fingerprint density at radius 1 is 0.962 bits per heavy atom. The van der Waals surface area contributed by atoms with Crippen molar-refractivity contribution >= 4 is 56.4 Å². The molecule has 15 heteroatoms. The van der Waals surface area contributed by atoms with Gasteiger partial charge in [-0.1, -0.05) is 30.3 Å². The van der Waals surface area contributed by atoms with Crippen LogP contribution in [0.2, 0.25) is 0 Å². The molecule has 2 heterocycles. The number of carbonyl (C=O) groups is 3. The van der Waals surface area contributed by atoms with Crippen LogP contribution >= 0.6 is 0 Å². The minimum atomic E-state index is -5.08. The number of halogens is 4. The number of para-hydroxylation sites is 1. The highest BCUT2D eigenvalue weighted by Crippen LogP contribution is 2.39. The molecule has 0 saturated heterocycles. The third-order valence-corrected chi connectivity index (χ3v) is 8.85.